The third-order valence-electron chi connectivity index (χ3n) is 1.46. The highest BCUT2D eigenvalue weighted by atomic mass is 32.2. The van der Waals surface area contributed by atoms with Crippen molar-refractivity contribution in [2.75, 3.05) is 6.54 Å². The van der Waals surface area contributed by atoms with Crippen molar-refractivity contribution in [3.8, 4) is 0 Å². The molecular weight excluding hydrogens is 265 g/mol. The van der Waals surface area contributed by atoms with Crippen LogP contribution in [0.1, 0.15) is 6.42 Å². The molecule has 0 aliphatic rings. The summed E-state index contributed by atoms with van der Waals surface area (Å²) in [5, 5.41) is 8.57. The molecule has 0 radical (unpaired) electrons. The van der Waals surface area contributed by atoms with E-state index in [-0.39, 0.29) is 6.42 Å². The van der Waals surface area contributed by atoms with Gasteiger partial charge in [-0.15, -0.1) is 6.58 Å². The van der Waals surface area contributed by atoms with Crippen LogP contribution >= 0.6 is 0 Å². The lowest BCUT2D eigenvalue weighted by Gasteiger charge is -2.14. The Morgan fingerprint density at radius 3 is 2.35 bits per heavy atom. The van der Waals surface area contributed by atoms with Crippen LogP contribution in [0.25, 0.3) is 0 Å². The van der Waals surface area contributed by atoms with Crippen LogP contribution in [0.15, 0.2) is 12.7 Å². The van der Waals surface area contributed by atoms with Crippen molar-refractivity contribution in [2.45, 2.75) is 18.6 Å². The van der Waals surface area contributed by atoms with Gasteiger partial charge in [0.2, 0.25) is 0 Å². The molecule has 3 N–H and O–H groups in total. The molecule has 0 aromatic rings. The maximum Gasteiger partial charge on any atom is 0.402 e. The van der Waals surface area contributed by atoms with Gasteiger partial charge in [-0.1, -0.05) is 6.08 Å². The number of carbonyl (C=O) groups is 1. The SMILES string of the molecule is C=CCC(NS(=O)(=O)NCC(F)(F)F)C(=O)O. The van der Waals surface area contributed by atoms with E-state index in [1.54, 1.807) is 4.72 Å². The monoisotopic (exact) mass is 276 g/mol. The summed E-state index contributed by atoms with van der Waals surface area (Å²) in [6.45, 7) is 1.42. The molecule has 100 valence electrons. The van der Waals surface area contributed by atoms with E-state index >= 15 is 0 Å². The summed E-state index contributed by atoms with van der Waals surface area (Å²) in [5.74, 6) is -1.51. The zero-order valence-electron chi connectivity index (χ0n) is 8.49. The maximum atomic E-state index is 11.7. The quantitative estimate of drug-likeness (QED) is 0.570. The molecule has 0 aliphatic carbocycles. The molecule has 0 aliphatic heterocycles. The number of hydrogen-bond acceptors (Lipinski definition) is 3. The molecule has 0 rings (SSSR count). The van der Waals surface area contributed by atoms with Crippen LogP contribution in [0.3, 0.4) is 0 Å². The Kier molecular flexibility index (Phi) is 5.58. The van der Waals surface area contributed by atoms with Crippen molar-refractivity contribution in [2.24, 2.45) is 0 Å². The number of nitrogens with one attached hydrogen (secondary N) is 2. The van der Waals surface area contributed by atoms with Crippen molar-refractivity contribution in [1.82, 2.24) is 9.44 Å². The maximum absolute atomic E-state index is 11.7. The normalized spacial score (nSPS) is 14.3. The molecule has 6 nitrogen and oxygen atoms in total. The fourth-order valence-electron chi connectivity index (χ4n) is 0.772. The van der Waals surface area contributed by atoms with E-state index in [0.717, 1.165) is 6.08 Å². The number of halogens is 3. The summed E-state index contributed by atoms with van der Waals surface area (Å²) in [7, 11) is -4.53. The van der Waals surface area contributed by atoms with Gasteiger partial charge < -0.3 is 5.11 Å². The summed E-state index contributed by atoms with van der Waals surface area (Å²) < 4.78 is 60.1. The van der Waals surface area contributed by atoms with Gasteiger partial charge in [-0.25, -0.2) is 0 Å². The minimum atomic E-state index is -4.72. The topological polar surface area (TPSA) is 95.5 Å². The van der Waals surface area contributed by atoms with Crippen LogP contribution < -0.4 is 9.44 Å². The molecule has 0 aromatic heterocycles. The van der Waals surface area contributed by atoms with E-state index in [0.29, 0.717) is 0 Å². The molecule has 0 saturated carbocycles. The predicted octanol–water partition coefficient (Wildman–Crippen LogP) is 0.00200. The molecule has 1 atom stereocenters. The highest BCUT2D eigenvalue weighted by molar-refractivity contribution is 7.87. The van der Waals surface area contributed by atoms with Gasteiger partial charge in [0.1, 0.15) is 12.6 Å². The smallest absolute Gasteiger partial charge is 0.402 e. The first-order chi connectivity index (χ1) is 7.57. The van der Waals surface area contributed by atoms with Crippen LogP contribution in [0.2, 0.25) is 0 Å². The van der Waals surface area contributed by atoms with E-state index < -0.39 is 34.9 Å². The second-order valence-electron chi connectivity index (χ2n) is 2.97. The average molecular weight is 276 g/mol. The molecule has 17 heavy (non-hydrogen) atoms. The van der Waals surface area contributed by atoms with Crippen molar-refractivity contribution >= 4 is 16.2 Å². The summed E-state index contributed by atoms with van der Waals surface area (Å²) >= 11 is 0. The fraction of sp³-hybridized carbons (Fsp3) is 0.571. The largest absolute Gasteiger partial charge is 0.480 e. The summed E-state index contributed by atoms with van der Waals surface area (Å²) in [6.07, 6.45) is -3.83. The molecule has 0 heterocycles. The van der Waals surface area contributed by atoms with Gasteiger partial charge >= 0.3 is 12.1 Å². The van der Waals surface area contributed by atoms with Crippen molar-refractivity contribution < 1.29 is 31.5 Å². The highest BCUT2D eigenvalue weighted by Gasteiger charge is 2.31. The Bertz CT molecular complexity index is 379. The molecule has 0 spiro atoms. The highest BCUT2D eigenvalue weighted by Crippen LogP contribution is 2.12. The van der Waals surface area contributed by atoms with E-state index in [1.165, 1.54) is 4.72 Å². The molecular formula is C7H11F3N2O4S. The third kappa shape index (κ3) is 7.71. The van der Waals surface area contributed by atoms with E-state index in [9.17, 15) is 26.4 Å². The minimum absolute atomic E-state index is 0.248. The Balaban J connectivity index is 4.51. The number of rotatable bonds is 7. The Hall–Kier alpha value is -1.13. The number of carboxylic acid groups (broad SMARTS) is 1. The molecule has 0 fully saturated rings. The van der Waals surface area contributed by atoms with Gasteiger partial charge in [-0.3, -0.25) is 4.79 Å². The minimum Gasteiger partial charge on any atom is -0.480 e. The van der Waals surface area contributed by atoms with E-state index in [1.807, 2.05) is 0 Å². The average Bonchev–Trinajstić information content (AvgIpc) is 2.13. The number of hydrogen-bond donors (Lipinski definition) is 3. The lowest BCUT2D eigenvalue weighted by Crippen LogP contribution is -2.48. The van der Waals surface area contributed by atoms with Gasteiger partial charge in [0, 0.05) is 0 Å². The number of aliphatic carboxylic acids is 1. The zero-order valence-corrected chi connectivity index (χ0v) is 9.31. The fourth-order valence-corrected chi connectivity index (χ4v) is 1.78. The predicted molar refractivity (Wildman–Crippen MR) is 52.4 cm³/mol. The summed E-state index contributed by atoms with van der Waals surface area (Å²) in [6, 6.07) is -1.56. The lowest BCUT2D eigenvalue weighted by molar-refractivity contribution is -0.138. The van der Waals surface area contributed by atoms with Crippen molar-refractivity contribution in [1.29, 1.82) is 0 Å². The van der Waals surface area contributed by atoms with Crippen LogP contribution in [0, 0.1) is 0 Å². The van der Waals surface area contributed by atoms with Crippen LogP contribution in [0.4, 0.5) is 13.2 Å². The Morgan fingerprint density at radius 1 is 1.47 bits per heavy atom. The Labute approximate surface area is 95.7 Å². The van der Waals surface area contributed by atoms with Gasteiger partial charge in [-0.2, -0.15) is 31.0 Å². The second-order valence-corrected chi connectivity index (χ2v) is 4.50. The lowest BCUT2D eigenvalue weighted by atomic mass is 10.2. The molecule has 10 heteroatoms. The third-order valence-corrected chi connectivity index (χ3v) is 2.58. The van der Waals surface area contributed by atoms with Gasteiger partial charge in [-0.05, 0) is 6.42 Å². The first-order valence-corrected chi connectivity index (χ1v) is 5.73. The summed E-state index contributed by atoms with van der Waals surface area (Å²) in [4.78, 5) is 10.5. The van der Waals surface area contributed by atoms with Gasteiger partial charge in [0.05, 0.1) is 0 Å². The van der Waals surface area contributed by atoms with Gasteiger partial charge in [0.25, 0.3) is 10.2 Å². The molecule has 1 unspecified atom stereocenters. The number of alkyl halides is 3. The van der Waals surface area contributed by atoms with Crippen LogP contribution in [0.5, 0.6) is 0 Å². The molecule has 0 saturated heterocycles. The van der Waals surface area contributed by atoms with Crippen molar-refractivity contribution in [3.63, 3.8) is 0 Å². The Morgan fingerprint density at radius 2 is 2.00 bits per heavy atom. The van der Waals surface area contributed by atoms with Crippen molar-refractivity contribution in [3.05, 3.63) is 12.7 Å². The van der Waals surface area contributed by atoms with Gasteiger partial charge in [0.15, 0.2) is 0 Å². The van der Waals surface area contributed by atoms with E-state index in [4.69, 9.17) is 5.11 Å². The number of carboxylic acids is 1. The first-order valence-electron chi connectivity index (χ1n) is 4.25. The van der Waals surface area contributed by atoms with E-state index in [2.05, 4.69) is 6.58 Å². The molecule has 0 bridgehead atoms. The van der Waals surface area contributed by atoms with Crippen LogP contribution in [-0.2, 0) is 15.0 Å². The second kappa shape index (κ2) is 5.98. The van der Waals surface area contributed by atoms with Crippen LogP contribution in [-0.4, -0.2) is 38.3 Å². The summed E-state index contributed by atoms with van der Waals surface area (Å²) in [5.41, 5.74) is 0. The zero-order chi connectivity index (χ0) is 13.7. The molecule has 0 aromatic carbocycles. The first kappa shape index (κ1) is 15.9. The standard InChI is InChI=1S/C7H11F3N2O4S/c1-2-3-5(6(13)14)12-17(15,16)11-4-7(8,9)10/h2,5,11-12H,1,3-4H2,(H,13,14). The molecule has 0 amide bonds.